The van der Waals surface area contributed by atoms with Gasteiger partial charge in [0.2, 0.25) is 0 Å². The zero-order valence-corrected chi connectivity index (χ0v) is 40.7. The Bertz CT molecular complexity index is 1170. The van der Waals surface area contributed by atoms with Gasteiger partial charge in [-0.15, -0.1) is 0 Å². The maximum Gasteiger partial charge on any atom is 0.412 e. The minimum atomic E-state index is -0.605. The number of allylic oxidation sites excluding steroid dienone is 2. The van der Waals surface area contributed by atoms with Gasteiger partial charge in [-0.05, 0) is 142 Å². The number of ketones is 2. The Morgan fingerprint density at radius 1 is 0.586 bits per heavy atom. The van der Waals surface area contributed by atoms with Gasteiger partial charge in [0.05, 0.1) is 23.9 Å². The third-order valence-corrected chi connectivity index (χ3v) is 9.87. The van der Waals surface area contributed by atoms with Crippen LogP contribution in [-0.4, -0.2) is 66.4 Å². The van der Waals surface area contributed by atoms with Crippen LogP contribution in [0.5, 0.6) is 0 Å². The van der Waals surface area contributed by atoms with Crippen LogP contribution in [0.2, 0.25) is 0 Å². The molecule has 0 saturated heterocycles. The molecule has 0 aliphatic rings. The van der Waals surface area contributed by atoms with Crippen molar-refractivity contribution >= 4 is 23.8 Å². The van der Waals surface area contributed by atoms with E-state index in [1.165, 1.54) is 26.7 Å². The fraction of sp³-hybridized carbons (Fsp3) is 0.875. The molecule has 0 aromatic heterocycles. The summed E-state index contributed by atoms with van der Waals surface area (Å²) in [6, 6.07) is -0.509. The lowest BCUT2D eigenvalue weighted by atomic mass is 9.82. The summed E-state index contributed by atoms with van der Waals surface area (Å²) in [5, 5.41) is 5.32. The van der Waals surface area contributed by atoms with Crippen molar-refractivity contribution in [2.24, 2.45) is 35.5 Å². The molecule has 2 amide bonds. The van der Waals surface area contributed by atoms with Gasteiger partial charge in [0.1, 0.15) is 11.2 Å². The van der Waals surface area contributed by atoms with Crippen molar-refractivity contribution < 1.29 is 38.1 Å². The van der Waals surface area contributed by atoms with Crippen molar-refractivity contribution in [3.05, 3.63) is 11.8 Å². The number of amides is 2. The number of rotatable bonds is 27. The monoisotopic (exact) mass is 825 g/mol. The Morgan fingerprint density at radius 2 is 1.02 bits per heavy atom. The van der Waals surface area contributed by atoms with Crippen LogP contribution in [0.1, 0.15) is 195 Å². The number of hydrogen-bond acceptors (Lipinski definition) is 8. The average molecular weight is 825 g/mol. The summed E-state index contributed by atoms with van der Waals surface area (Å²) in [5.41, 5.74) is -0.894. The second-order valence-corrected chi connectivity index (χ2v) is 19.7. The van der Waals surface area contributed by atoms with Crippen LogP contribution in [0, 0.1) is 35.5 Å². The Hall–Kier alpha value is -2.46. The molecule has 10 nitrogen and oxygen atoms in total. The highest BCUT2D eigenvalue weighted by atomic mass is 16.6. The molecule has 0 aromatic rings. The van der Waals surface area contributed by atoms with E-state index in [0.29, 0.717) is 48.3 Å². The van der Waals surface area contributed by atoms with Gasteiger partial charge in [-0.2, -0.15) is 0 Å². The molecule has 58 heavy (non-hydrogen) atoms. The molecule has 10 heteroatoms. The summed E-state index contributed by atoms with van der Waals surface area (Å²) in [4.78, 5) is 48.0. The van der Waals surface area contributed by atoms with E-state index < -0.39 is 29.4 Å². The van der Waals surface area contributed by atoms with E-state index in [9.17, 15) is 19.2 Å². The number of Topliss-reactive ketones (excluding diaryl/α,β-unsaturated/α-hetero) is 2. The number of hydrogen-bond donors (Lipinski definition) is 2. The molecule has 0 rings (SSSR count). The van der Waals surface area contributed by atoms with Gasteiger partial charge >= 0.3 is 12.2 Å². The molecule has 0 aromatic carbocycles. The number of nitrogens with one attached hydrogen (secondary N) is 2. The van der Waals surface area contributed by atoms with Gasteiger partial charge in [-0.25, -0.2) is 9.59 Å². The minimum absolute atomic E-state index is 0.0397. The van der Waals surface area contributed by atoms with Crippen LogP contribution in [0.15, 0.2) is 11.8 Å². The molecule has 0 unspecified atom stereocenters. The molecular formula is C48H92N2O8. The molecule has 5 atom stereocenters. The second-order valence-electron chi connectivity index (χ2n) is 19.7. The van der Waals surface area contributed by atoms with E-state index >= 15 is 0 Å². The maximum atomic E-state index is 12.0. The number of carbonyl (C=O) groups is 4. The molecule has 0 bridgehead atoms. The summed E-state index contributed by atoms with van der Waals surface area (Å²) < 4.78 is 23.0. The van der Waals surface area contributed by atoms with Crippen LogP contribution in [0.25, 0.3) is 0 Å². The quantitative estimate of drug-likeness (QED) is 0.0783. The molecule has 0 spiro atoms. The van der Waals surface area contributed by atoms with Crippen molar-refractivity contribution in [1.29, 1.82) is 0 Å². The van der Waals surface area contributed by atoms with Gasteiger partial charge in [-0.1, -0.05) is 88.2 Å². The number of carbonyl (C=O) groups excluding carboxylic acids is 4. The van der Waals surface area contributed by atoms with Crippen molar-refractivity contribution in [2.45, 2.75) is 225 Å². The molecule has 0 saturated carbocycles. The fourth-order valence-corrected chi connectivity index (χ4v) is 6.77. The zero-order chi connectivity index (χ0) is 45.2. The van der Waals surface area contributed by atoms with Gasteiger partial charge in [0.25, 0.3) is 0 Å². The second kappa shape index (κ2) is 30.5. The number of ether oxygens (including phenoxy) is 4. The summed E-state index contributed by atoms with van der Waals surface area (Å²) in [6.45, 7) is 37.7. The fourth-order valence-electron chi connectivity index (χ4n) is 6.77. The summed E-state index contributed by atoms with van der Waals surface area (Å²) in [5.74, 6) is 3.22. The highest BCUT2D eigenvalue weighted by Gasteiger charge is 2.28. The first kappa shape index (κ1) is 57.6. The van der Waals surface area contributed by atoms with Crippen LogP contribution >= 0.6 is 0 Å². The summed E-state index contributed by atoms with van der Waals surface area (Å²) >= 11 is 0. The zero-order valence-electron chi connectivity index (χ0n) is 40.7. The van der Waals surface area contributed by atoms with E-state index in [1.54, 1.807) is 26.8 Å². The van der Waals surface area contributed by atoms with Crippen LogP contribution < -0.4 is 10.6 Å². The highest BCUT2D eigenvalue weighted by molar-refractivity contribution is 5.96. The van der Waals surface area contributed by atoms with Gasteiger partial charge in [0.15, 0.2) is 11.6 Å². The molecule has 0 fully saturated rings. The van der Waals surface area contributed by atoms with E-state index in [4.69, 9.17) is 18.9 Å². The lowest BCUT2D eigenvalue weighted by Crippen LogP contribution is -2.42. The van der Waals surface area contributed by atoms with Gasteiger partial charge < -0.3 is 24.3 Å². The van der Waals surface area contributed by atoms with Crippen LogP contribution in [0.3, 0.4) is 0 Å². The lowest BCUT2D eigenvalue weighted by molar-refractivity contribution is -0.119. The van der Waals surface area contributed by atoms with E-state index in [1.807, 2.05) is 20.8 Å². The van der Waals surface area contributed by atoms with Crippen LogP contribution in [0.4, 0.5) is 9.59 Å². The Kier molecular flexibility index (Phi) is 30.4. The third-order valence-electron chi connectivity index (χ3n) is 9.87. The van der Waals surface area contributed by atoms with Gasteiger partial charge in [0, 0.05) is 20.1 Å². The highest BCUT2D eigenvalue weighted by Crippen LogP contribution is 2.30. The number of alkyl carbamates (subject to hydrolysis) is 2. The molecule has 342 valence electrons. The van der Waals surface area contributed by atoms with E-state index in [2.05, 4.69) is 79.9 Å². The largest absolute Gasteiger partial charge is 0.444 e. The van der Waals surface area contributed by atoms with Gasteiger partial charge in [-0.3, -0.25) is 14.9 Å². The smallest absolute Gasteiger partial charge is 0.412 e. The first-order valence-corrected chi connectivity index (χ1v) is 22.7. The normalized spacial score (nSPS) is 15.0. The predicted molar refractivity (Wildman–Crippen MR) is 240 cm³/mol. The maximum absolute atomic E-state index is 12.0. The Morgan fingerprint density at radius 3 is 1.38 bits per heavy atom. The van der Waals surface area contributed by atoms with Crippen LogP contribution in [-0.2, 0) is 28.5 Å². The molecule has 0 heterocycles. The van der Waals surface area contributed by atoms with Crippen molar-refractivity contribution in [1.82, 2.24) is 10.6 Å². The molecular weight excluding hydrogens is 733 g/mol. The average Bonchev–Trinajstić information content (AvgIpc) is 3.05. The SMILES string of the molecule is CCCO[C@@H](CC/C=C(\NC(=O)OC(C)(C)C)C(C)=O)[C@@H](CCC(C)C)C(C)C.CCCO[C@@H](CCC[C@H](NC(=O)OC(C)(C)C)C(C)=O)[C@@H](CCC(C)C)C(C)C. The molecule has 0 radical (unpaired) electrons. The van der Waals surface area contributed by atoms with Crippen molar-refractivity contribution in [3.63, 3.8) is 0 Å². The third kappa shape index (κ3) is 30.6. The first-order valence-electron chi connectivity index (χ1n) is 22.7. The molecule has 0 aliphatic carbocycles. The predicted octanol–water partition coefficient (Wildman–Crippen LogP) is 12.4. The summed E-state index contributed by atoms with van der Waals surface area (Å²) in [7, 11) is 0. The topological polar surface area (TPSA) is 129 Å². The van der Waals surface area contributed by atoms with E-state index in [0.717, 1.165) is 58.2 Å². The van der Waals surface area contributed by atoms with Crippen molar-refractivity contribution in [3.8, 4) is 0 Å². The standard InChI is InChI=1S/C24H47NO4.C24H45NO4/c2*1-10-16-28-22(20(18(4)5)15-14-17(2)3)13-11-12-21(19(6)26)25-23(27)29-24(7,8)9/h17-18,20-22H,10-16H2,1-9H3,(H,25,27);12,17-18,20,22H,10-11,13-16H2,1-9H3,(H,25,27)/b;21-12-/t20-,21-,22-;20-,22-/m00/s1. The Labute approximate surface area is 356 Å². The molecule has 0 aliphatic heterocycles. The van der Waals surface area contributed by atoms with Crippen molar-refractivity contribution in [2.75, 3.05) is 13.2 Å². The summed E-state index contributed by atoms with van der Waals surface area (Å²) in [6.07, 6.45) is 11.5. The minimum Gasteiger partial charge on any atom is -0.444 e. The molecule has 2 N–H and O–H groups in total. The van der Waals surface area contributed by atoms with E-state index in [-0.39, 0.29) is 29.5 Å². The Balaban J connectivity index is 0. The lowest BCUT2D eigenvalue weighted by Gasteiger charge is -2.31. The first-order chi connectivity index (χ1) is 26.7.